The fourth-order valence-electron chi connectivity index (χ4n) is 3.28. The number of hydrogen-bond donors (Lipinski definition) is 1. The zero-order valence-electron chi connectivity index (χ0n) is 10.4. The second kappa shape index (κ2) is 4.26. The summed E-state index contributed by atoms with van der Waals surface area (Å²) >= 11 is 0. The van der Waals surface area contributed by atoms with Crippen LogP contribution < -0.4 is 4.90 Å². The quantitative estimate of drug-likeness (QED) is 0.871. The van der Waals surface area contributed by atoms with Gasteiger partial charge in [0.15, 0.2) is 0 Å². The van der Waals surface area contributed by atoms with Crippen LogP contribution in [-0.4, -0.2) is 29.1 Å². The van der Waals surface area contributed by atoms with E-state index in [1.165, 1.54) is 38.3 Å². The van der Waals surface area contributed by atoms with E-state index in [1.807, 2.05) is 0 Å². The van der Waals surface area contributed by atoms with Crippen LogP contribution in [-0.2, 0) is 0 Å². The topological polar surface area (TPSA) is 53.4 Å². The maximum absolute atomic E-state index is 10.9. The van der Waals surface area contributed by atoms with Crippen LogP contribution >= 0.6 is 0 Å². The van der Waals surface area contributed by atoms with Gasteiger partial charge in [-0.05, 0) is 18.9 Å². The number of rotatable bonds is 2. The van der Waals surface area contributed by atoms with Crippen LogP contribution in [0.3, 0.4) is 0 Å². The van der Waals surface area contributed by atoms with Crippen molar-refractivity contribution in [2.24, 2.45) is 5.41 Å². The van der Waals surface area contributed by atoms with Gasteiger partial charge in [-0.3, -0.25) is 4.98 Å². The standard InChI is InChI=1S/C14H18N2O2/c17-13(18)11-6-12(8-15-7-11)16-9-14(10-16)4-2-1-3-5-14/h6-8H,1-5,9-10H2,(H,17,18). The van der Waals surface area contributed by atoms with E-state index in [0.717, 1.165) is 18.8 Å². The molecule has 2 heterocycles. The van der Waals surface area contributed by atoms with E-state index in [4.69, 9.17) is 5.11 Å². The van der Waals surface area contributed by atoms with Crippen molar-refractivity contribution in [1.82, 2.24) is 4.98 Å². The minimum atomic E-state index is -0.905. The maximum Gasteiger partial charge on any atom is 0.337 e. The Balaban J connectivity index is 1.70. The van der Waals surface area contributed by atoms with Crippen LogP contribution in [0.1, 0.15) is 42.5 Å². The molecule has 1 saturated heterocycles. The molecule has 1 aromatic heterocycles. The first-order chi connectivity index (χ1) is 8.69. The van der Waals surface area contributed by atoms with Crippen LogP contribution in [0.2, 0.25) is 0 Å². The lowest BCUT2D eigenvalue weighted by molar-refractivity contribution is 0.0696. The molecule has 4 nitrogen and oxygen atoms in total. The van der Waals surface area contributed by atoms with E-state index in [0.29, 0.717) is 5.41 Å². The van der Waals surface area contributed by atoms with Gasteiger partial charge in [-0.15, -0.1) is 0 Å². The number of carbonyl (C=O) groups is 1. The first kappa shape index (κ1) is 11.5. The summed E-state index contributed by atoms with van der Waals surface area (Å²) < 4.78 is 0. The average molecular weight is 246 g/mol. The number of aromatic carboxylic acids is 1. The summed E-state index contributed by atoms with van der Waals surface area (Å²) in [5.74, 6) is -0.905. The lowest BCUT2D eigenvalue weighted by Gasteiger charge is -2.53. The van der Waals surface area contributed by atoms with Gasteiger partial charge in [0.25, 0.3) is 0 Å². The molecule has 0 bridgehead atoms. The van der Waals surface area contributed by atoms with Crippen molar-refractivity contribution >= 4 is 11.7 Å². The van der Waals surface area contributed by atoms with Gasteiger partial charge in [0.1, 0.15) is 0 Å². The number of aromatic nitrogens is 1. The van der Waals surface area contributed by atoms with Gasteiger partial charge in [-0.25, -0.2) is 4.79 Å². The molecular formula is C14H18N2O2. The highest BCUT2D eigenvalue weighted by molar-refractivity contribution is 5.88. The monoisotopic (exact) mass is 246 g/mol. The first-order valence-corrected chi connectivity index (χ1v) is 6.62. The van der Waals surface area contributed by atoms with Crippen molar-refractivity contribution in [2.75, 3.05) is 18.0 Å². The van der Waals surface area contributed by atoms with Crippen molar-refractivity contribution in [2.45, 2.75) is 32.1 Å². The van der Waals surface area contributed by atoms with Gasteiger partial charge >= 0.3 is 5.97 Å². The molecule has 1 aliphatic heterocycles. The molecule has 18 heavy (non-hydrogen) atoms. The van der Waals surface area contributed by atoms with Gasteiger partial charge in [-0.1, -0.05) is 19.3 Å². The highest BCUT2D eigenvalue weighted by Crippen LogP contribution is 2.45. The van der Waals surface area contributed by atoms with Gasteiger partial charge in [0.2, 0.25) is 0 Å². The van der Waals surface area contributed by atoms with Gasteiger partial charge in [-0.2, -0.15) is 0 Å². The molecule has 1 spiro atoms. The fraction of sp³-hybridized carbons (Fsp3) is 0.571. The van der Waals surface area contributed by atoms with Crippen LogP contribution in [0.25, 0.3) is 0 Å². The summed E-state index contributed by atoms with van der Waals surface area (Å²) in [5.41, 5.74) is 1.74. The minimum Gasteiger partial charge on any atom is -0.478 e. The number of carboxylic acids is 1. The molecule has 0 aromatic carbocycles. The van der Waals surface area contributed by atoms with Crippen LogP contribution in [0.4, 0.5) is 5.69 Å². The second-order valence-electron chi connectivity index (χ2n) is 5.65. The molecule has 1 aromatic rings. The van der Waals surface area contributed by atoms with E-state index in [-0.39, 0.29) is 5.56 Å². The smallest absolute Gasteiger partial charge is 0.337 e. The van der Waals surface area contributed by atoms with Crippen LogP contribution in [0, 0.1) is 5.41 Å². The van der Waals surface area contributed by atoms with E-state index in [1.54, 1.807) is 12.3 Å². The number of hydrogen-bond acceptors (Lipinski definition) is 3. The van der Waals surface area contributed by atoms with E-state index in [9.17, 15) is 4.79 Å². The normalized spacial score (nSPS) is 21.7. The van der Waals surface area contributed by atoms with Crippen molar-refractivity contribution in [3.63, 3.8) is 0 Å². The molecule has 2 aliphatic rings. The molecule has 96 valence electrons. The van der Waals surface area contributed by atoms with E-state index in [2.05, 4.69) is 9.88 Å². The summed E-state index contributed by atoms with van der Waals surface area (Å²) in [7, 11) is 0. The molecule has 1 N–H and O–H groups in total. The third-order valence-electron chi connectivity index (χ3n) is 4.30. The third-order valence-corrected chi connectivity index (χ3v) is 4.30. The lowest BCUT2D eigenvalue weighted by atomic mass is 9.68. The Morgan fingerprint density at radius 3 is 2.61 bits per heavy atom. The molecule has 4 heteroatoms. The minimum absolute atomic E-state index is 0.275. The Bertz CT molecular complexity index is 459. The summed E-state index contributed by atoms with van der Waals surface area (Å²) in [6.45, 7) is 2.13. The zero-order chi connectivity index (χ0) is 12.6. The zero-order valence-corrected chi connectivity index (χ0v) is 10.4. The number of nitrogens with zero attached hydrogens (tertiary/aromatic N) is 2. The Morgan fingerprint density at radius 2 is 1.94 bits per heavy atom. The first-order valence-electron chi connectivity index (χ1n) is 6.62. The molecule has 0 radical (unpaired) electrons. The molecule has 2 fully saturated rings. The van der Waals surface area contributed by atoms with Crippen LogP contribution in [0.5, 0.6) is 0 Å². The molecule has 3 rings (SSSR count). The Labute approximate surface area is 107 Å². The molecule has 0 atom stereocenters. The maximum atomic E-state index is 10.9. The number of pyridine rings is 1. The van der Waals surface area contributed by atoms with Gasteiger partial charge < -0.3 is 10.0 Å². The molecular weight excluding hydrogens is 228 g/mol. The van der Waals surface area contributed by atoms with Crippen molar-refractivity contribution in [3.8, 4) is 0 Å². The van der Waals surface area contributed by atoms with Crippen molar-refractivity contribution in [1.29, 1.82) is 0 Å². The predicted octanol–water partition coefficient (Wildman–Crippen LogP) is 2.55. The predicted molar refractivity (Wildman–Crippen MR) is 68.9 cm³/mol. The number of carboxylic acid groups (broad SMARTS) is 1. The fourth-order valence-corrected chi connectivity index (χ4v) is 3.28. The van der Waals surface area contributed by atoms with E-state index < -0.39 is 5.97 Å². The molecule has 1 saturated carbocycles. The van der Waals surface area contributed by atoms with E-state index >= 15 is 0 Å². The average Bonchev–Trinajstić information content (AvgIpc) is 2.37. The molecule has 0 unspecified atom stereocenters. The third kappa shape index (κ3) is 1.96. The largest absolute Gasteiger partial charge is 0.478 e. The summed E-state index contributed by atoms with van der Waals surface area (Å²) in [4.78, 5) is 17.2. The lowest BCUT2D eigenvalue weighted by Crippen LogP contribution is -2.57. The van der Waals surface area contributed by atoms with Crippen molar-refractivity contribution < 1.29 is 9.90 Å². The molecule has 0 amide bonds. The number of anilines is 1. The summed E-state index contributed by atoms with van der Waals surface area (Å²) in [6.07, 6.45) is 9.90. The Morgan fingerprint density at radius 1 is 1.22 bits per heavy atom. The highest BCUT2D eigenvalue weighted by Gasteiger charge is 2.43. The SMILES string of the molecule is O=C(O)c1cncc(N2CC3(CCCCC3)C2)c1. The van der Waals surface area contributed by atoms with Gasteiger partial charge in [0.05, 0.1) is 17.4 Å². The molecule has 1 aliphatic carbocycles. The summed E-state index contributed by atoms with van der Waals surface area (Å²) in [5, 5.41) is 8.97. The Hall–Kier alpha value is -1.58. The highest BCUT2D eigenvalue weighted by atomic mass is 16.4. The van der Waals surface area contributed by atoms with Gasteiger partial charge in [0, 0.05) is 24.7 Å². The summed E-state index contributed by atoms with van der Waals surface area (Å²) in [6, 6.07) is 1.73. The Kier molecular flexibility index (Phi) is 2.73. The van der Waals surface area contributed by atoms with Crippen molar-refractivity contribution in [3.05, 3.63) is 24.0 Å². The second-order valence-corrected chi connectivity index (χ2v) is 5.65. The van der Waals surface area contributed by atoms with Crippen LogP contribution in [0.15, 0.2) is 18.5 Å².